The number of hydrogen-bond donors (Lipinski definition) is 1. The van der Waals surface area contributed by atoms with Crippen LogP contribution in [0.3, 0.4) is 0 Å². The van der Waals surface area contributed by atoms with E-state index in [9.17, 15) is 0 Å². The zero-order valence-electron chi connectivity index (χ0n) is 9.77. The minimum Gasteiger partial charge on any atom is -0.326 e. The Morgan fingerprint density at radius 1 is 1.38 bits per heavy atom. The summed E-state index contributed by atoms with van der Waals surface area (Å²) in [5, 5.41) is 4.29. The van der Waals surface area contributed by atoms with E-state index in [1.54, 1.807) is 0 Å². The third-order valence-electron chi connectivity index (χ3n) is 2.93. The van der Waals surface area contributed by atoms with Gasteiger partial charge in [-0.2, -0.15) is 5.10 Å². The fourth-order valence-corrected chi connectivity index (χ4v) is 1.89. The van der Waals surface area contributed by atoms with Crippen molar-refractivity contribution in [3.8, 4) is 11.1 Å². The van der Waals surface area contributed by atoms with Gasteiger partial charge in [0, 0.05) is 24.8 Å². The molecule has 1 heterocycles. The molecule has 0 aliphatic carbocycles. The third-order valence-corrected chi connectivity index (χ3v) is 2.93. The maximum atomic E-state index is 5.71. The highest BCUT2D eigenvalue weighted by Crippen LogP contribution is 2.24. The molecule has 3 heteroatoms. The summed E-state index contributed by atoms with van der Waals surface area (Å²) in [6.45, 7) is 5.68. The highest BCUT2D eigenvalue weighted by Gasteiger charge is 2.06. The smallest absolute Gasteiger partial charge is 0.0568 e. The molecule has 1 aromatic carbocycles. The fraction of sp³-hybridized carbons (Fsp3) is 0.308. The highest BCUT2D eigenvalue weighted by molar-refractivity contribution is 5.67. The van der Waals surface area contributed by atoms with Crippen LogP contribution in [0.2, 0.25) is 0 Å². The number of rotatable bonds is 3. The molecule has 0 radical (unpaired) electrons. The molecule has 0 fully saturated rings. The third kappa shape index (κ3) is 1.86. The van der Waals surface area contributed by atoms with Gasteiger partial charge in [0.25, 0.3) is 0 Å². The van der Waals surface area contributed by atoms with Crippen LogP contribution in [-0.4, -0.2) is 9.78 Å². The van der Waals surface area contributed by atoms with Crippen molar-refractivity contribution < 1.29 is 0 Å². The normalized spacial score (nSPS) is 10.7. The lowest BCUT2D eigenvalue weighted by Gasteiger charge is -2.07. The van der Waals surface area contributed by atoms with Crippen molar-refractivity contribution in [1.29, 1.82) is 0 Å². The van der Waals surface area contributed by atoms with Crippen molar-refractivity contribution in [2.75, 3.05) is 0 Å². The first-order valence-corrected chi connectivity index (χ1v) is 5.57. The van der Waals surface area contributed by atoms with Gasteiger partial charge in [0.15, 0.2) is 0 Å². The van der Waals surface area contributed by atoms with Crippen molar-refractivity contribution in [3.63, 3.8) is 0 Å². The second-order valence-corrected chi connectivity index (χ2v) is 3.88. The second kappa shape index (κ2) is 4.49. The van der Waals surface area contributed by atoms with Crippen molar-refractivity contribution >= 4 is 0 Å². The first-order chi connectivity index (χ1) is 7.76. The summed E-state index contributed by atoms with van der Waals surface area (Å²) in [5.41, 5.74) is 10.5. The Kier molecular flexibility index (Phi) is 3.06. The summed E-state index contributed by atoms with van der Waals surface area (Å²) in [6, 6.07) is 6.24. The van der Waals surface area contributed by atoms with Gasteiger partial charge in [-0.3, -0.25) is 4.68 Å². The summed E-state index contributed by atoms with van der Waals surface area (Å²) in [7, 11) is 0. The number of aryl methyl sites for hydroxylation is 1. The molecule has 0 saturated heterocycles. The van der Waals surface area contributed by atoms with E-state index in [1.807, 2.05) is 16.9 Å². The first kappa shape index (κ1) is 10.9. The van der Waals surface area contributed by atoms with Crippen LogP contribution in [0.15, 0.2) is 30.6 Å². The SMILES string of the molecule is CCn1cc(-c2cccc(CN)c2C)cn1. The minimum absolute atomic E-state index is 0.585. The quantitative estimate of drug-likeness (QED) is 0.854. The molecule has 0 saturated carbocycles. The molecule has 1 aromatic heterocycles. The van der Waals surface area contributed by atoms with Crippen LogP contribution >= 0.6 is 0 Å². The largest absolute Gasteiger partial charge is 0.326 e. The van der Waals surface area contributed by atoms with Crippen molar-refractivity contribution in [2.45, 2.75) is 26.9 Å². The molecular weight excluding hydrogens is 198 g/mol. The van der Waals surface area contributed by atoms with E-state index in [0.29, 0.717) is 6.54 Å². The van der Waals surface area contributed by atoms with E-state index in [1.165, 1.54) is 16.7 Å². The van der Waals surface area contributed by atoms with Crippen LogP contribution < -0.4 is 5.73 Å². The monoisotopic (exact) mass is 215 g/mol. The molecule has 3 nitrogen and oxygen atoms in total. The van der Waals surface area contributed by atoms with Gasteiger partial charge in [-0.15, -0.1) is 0 Å². The number of nitrogens with zero attached hydrogens (tertiary/aromatic N) is 2. The molecule has 16 heavy (non-hydrogen) atoms. The van der Waals surface area contributed by atoms with E-state index in [-0.39, 0.29) is 0 Å². The lowest BCUT2D eigenvalue weighted by atomic mass is 9.99. The molecule has 0 unspecified atom stereocenters. The fourth-order valence-electron chi connectivity index (χ4n) is 1.89. The highest BCUT2D eigenvalue weighted by atomic mass is 15.3. The molecule has 0 atom stereocenters. The Labute approximate surface area is 95.9 Å². The van der Waals surface area contributed by atoms with Gasteiger partial charge in [0.05, 0.1) is 6.20 Å². The summed E-state index contributed by atoms with van der Waals surface area (Å²) in [5.74, 6) is 0. The molecule has 0 aliphatic rings. The van der Waals surface area contributed by atoms with Crippen LogP contribution in [0.5, 0.6) is 0 Å². The van der Waals surface area contributed by atoms with Crippen LogP contribution in [0, 0.1) is 6.92 Å². The van der Waals surface area contributed by atoms with Gasteiger partial charge in [-0.25, -0.2) is 0 Å². The Hall–Kier alpha value is -1.61. The summed E-state index contributed by atoms with van der Waals surface area (Å²) >= 11 is 0. The van der Waals surface area contributed by atoms with E-state index in [0.717, 1.165) is 12.1 Å². The van der Waals surface area contributed by atoms with Crippen LogP contribution in [0.4, 0.5) is 0 Å². The van der Waals surface area contributed by atoms with E-state index < -0.39 is 0 Å². The van der Waals surface area contributed by atoms with Crippen molar-refractivity contribution in [1.82, 2.24) is 9.78 Å². The standard InChI is InChI=1S/C13H17N3/c1-3-16-9-12(8-15-16)13-6-4-5-11(7-14)10(13)2/h4-6,8-9H,3,7,14H2,1-2H3. The maximum absolute atomic E-state index is 5.71. The lowest BCUT2D eigenvalue weighted by molar-refractivity contribution is 0.660. The zero-order chi connectivity index (χ0) is 11.5. The Bertz CT molecular complexity index is 486. The summed E-state index contributed by atoms with van der Waals surface area (Å²) in [6.07, 6.45) is 3.98. The van der Waals surface area contributed by atoms with Gasteiger partial charge in [0.1, 0.15) is 0 Å². The van der Waals surface area contributed by atoms with Crippen LogP contribution in [-0.2, 0) is 13.1 Å². The van der Waals surface area contributed by atoms with E-state index in [2.05, 4.69) is 37.3 Å². The molecule has 0 amide bonds. The van der Waals surface area contributed by atoms with E-state index in [4.69, 9.17) is 5.73 Å². The predicted molar refractivity (Wildman–Crippen MR) is 66.0 cm³/mol. The molecule has 2 N–H and O–H groups in total. The van der Waals surface area contributed by atoms with Crippen molar-refractivity contribution in [2.24, 2.45) is 5.73 Å². The predicted octanol–water partition coefficient (Wildman–Crippen LogP) is 2.34. The average Bonchev–Trinajstić information content (AvgIpc) is 2.78. The Balaban J connectivity index is 2.47. The molecular formula is C13H17N3. The zero-order valence-corrected chi connectivity index (χ0v) is 9.77. The first-order valence-electron chi connectivity index (χ1n) is 5.57. The minimum atomic E-state index is 0.585. The van der Waals surface area contributed by atoms with Gasteiger partial charge in [-0.1, -0.05) is 18.2 Å². The van der Waals surface area contributed by atoms with Gasteiger partial charge >= 0.3 is 0 Å². The van der Waals surface area contributed by atoms with Crippen LogP contribution in [0.25, 0.3) is 11.1 Å². The topological polar surface area (TPSA) is 43.8 Å². The summed E-state index contributed by atoms with van der Waals surface area (Å²) in [4.78, 5) is 0. The molecule has 0 bridgehead atoms. The van der Waals surface area contributed by atoms with Gasteiger partial charge in [0.2, 0.25) is 0 Å². The molecule has 84 valence electrons. The van der Waals surface area contributed by atoms with E-state index >= 15 is 0 Å². The van der Waals surface area contributed by atoms with Gasteiger partial charge in [-0.05, 0) is 30.5 Å². The summed E-state index contributed by atoms with van der Waals surface area (Å²) < 4.78 is 1.93. The van der Waals surface area contributed by atoms with Gasteiger partial charge < -0.3 is 5.73 Å². The maximum Gasteiger partial charge on any atom is 0.0568 e. The Morgan fingerprint density at radius 3 is 2.81 bits per heavy atom. The number of hydrogen-bond acceptors (Lipinski definition) is 2. The van der Waals surface area contributed by atoms with Crippen molar-refractivity contribution in [3.05, 3.63) is 41.7 Å². The second-order valence-electron chi connectivity index (χ2n) is 3.88. The molecule has 0 aliphatic heterocycles. The Morgan fingerprint density at radius 2 is 2.19 bits per heavy atom. The number of benzene rings is 1. The molecule has 2 rings (SSSR count). The lowest BCUT2D eigenvalue weighted by Crippen LogP contribution is -1.99. The number of aromatic nitrogens is 2. The average molecular weight is 215 g/mol. The molecule has 0 spiro atoms. The number of nitrogens with two attached hydrogens (primary N) is 1. The van der Waals surface area contributed by atoms with Crippen LogP contribution in [0.1, 0.15) is 18.1 Å². The molecule has 2 aromatic rings.